The van der Waals surface area contributed by atoms with Crippen LogP contribution in [-0.2, 0) is 4.74 Å². The third-order valence-corrected chi connectivity index (χ3v) is 3.92. The lowest BCUT2D eigenvalue weighted by Gasteiger charge is -2.26. The van der Waals surface area contributed by atoms with Crippen LogP contribution in [0.1, 0.15) is 25.7 Å². The van der Waals surface area contributed by atoms with Crippen molar-refractivity contribution in [1.29, 1.82) is 0 Å². The van der Waals surface area contributed by atoms with Gasteiger partial charge in [-0.15, -0.1) is 0 Å². The Kier molecular flexibility index (Phi) is 0.796. The molecule has 0 aromatic rings. The molecule has 2 heterocycles. The first-order chi connectivity index (χ1) is 5.93. The van der Waals surface area contributed by atoms with Crippen molar-refractivity contribution in [2.24, 2.45) is 11.8 Å². The second-order valence-corrected chi connectivity index (χ2v) is 4.49. The first-order valence-corrected chi connectivity index (χ1v) is 5.01. The maximum atomic E-state index is 5.84. The van der Waals surface area contributed by atoms with Crippen molar-refractivity contribution in [1.82, 2.24) is 0 Å². The number of hydrogen-bond donors (Lipinski definition) is 0. The first kappa shape index (κ1) is 5.85. The summed E-state index contributed by atoms with van der Waals surface area (Å²) in [6, 6.07) is 0. The van der Waals surface area contributed by atoms with Gasteiger partial charge >= 0.3 is 0 Å². The van der Waals surface area contributed by atoms with Crippen LogP contribution in [0.25, 0.3) is 0 Å². The zero-order chi connectivity index (χ0) is 7.71. The Morgan fingerprint density at radius 3 is 2.50 bits per heavy atom. The Hall–Kier alpha value is -0.720. The Bertz CT molecular complexity index is 310. The molecule has 5 rings (SSSR count). The number of fused-ring (bicyclic) bond motifs is 1. The molecule has 4 bridgehead atoms. The maximum Gasteiger partial charge on any atom is 0.105 e. The van der Waals surface area contributed by atoms with Gasteiger partial charge in [0.1, 0.15) is 11.9 Å². The first-order valence-electron chi connectivity index (χ1n) is 5.01. The summed E-state index contributed by atoms with van der Waals surface area (Å²) >= 11 is 0. The van der Waals surface area contributed by atoms with Crippen molar-refractivity contribution in [2.75, 3.05) is 0 Å². The van der Waals surface area contributed by atoms with Gasteiger partial charge in [0.15, 0.2) is 0 Å². The van der Waals surface area contributed by atoms with Crippen LogP contribution in [0.2, 0.25) is 0 Å². The van der Waals surface area contributed by atoms with Gasteiger partial charge < -0.3 is 4.74 Å². The van der Waals surface area contributed by atoms with E-state index >= 15 is 0 Å². The van der Waals surface area contributed by atoms with Gasteiger partial charge in [0.25, 0.3) is 0 Å². The fraction of sp³-hybridized carbons (Fsp3) is 0.636. The van der Waals surface area contributed by atoms with Crippen LogP contribution in [0.4, 0.5) is 0 Å². The molecule has 0 amide bonds. The number of rotatable bonds is 1. The SMILES string of the molecule is C1=C(C2=C3CC4C(C2)C4O3)CC1. The van der Waals surface area contributed by atoms with Crippen LogP contribution in [-0.4, -0.2) is 6.10 Å². The van der Waals surface area contributed by atoms with Crippen molar-refractivity contribution in [3.05, 3.63) is 23.0 Å². The minimum Gasteiger partial charge on any atom is -0.494 e. The molecule has 1 saturated heterocycles. The van der Waals surface area contributed by atoms with Gasteiger partial charge in [-0.3, -0.25) is 0 Å². The maximum absolute atomic E-state index is 5.84. The van der Waals surface area contributed by atoms with Gasteiger partial charge in [-0.05, 0) is 30.4 Å². The Morgan fingerprint density at radius 1 is 1.25 bits per heavy atom. The molecule has 5 aliphatic rings. The molecule has 3 aliphatic carbocycles. The molecule has 3 atom stereocenters. The predicted molar refractivity (Wildman–Crippen MR) is 45.4 cm³/mol. The average Bonchev–Trinajstić information content (AvgIpc) is 2.54. The lowest BCUT2D eigenvalue weighted by molar-refractivity contribution is 0.181. The summed E-state index contributed by atoms with van der Waals surface area (Å²) in [5.74, 6) is 3.21. The van der Waals surface area contributed by atoms with E-state index in [2.05, 4.69) is 6.08 Å². The predicted octanol–water partition coefficient (Wildman–Crippen LogP) is 2.40. The Morgan fingerprint density at radius 2 is 2.08 bits per heavy atom. The van der Waals surface area contributed by atoms with Crippen LogP contribution in [0.5, 0.6) is 0 Å². The summed E-state index contributed by atoms with van der Waals surface area (Å²) in [5.41, 5.74) is 3.20. The zero-order valence-electron chi connectivity index (χ0n) is 7.05. The summed E-state index contributed by atoms with van der Waals surface area (Å²) in [6.45, 7) is 0. The molecule has 2 aliphatic heterocycles. The lowest BCUT2D eigenvalue weighted by atomic mass is 9.84. The topological polar surface area (TPSA) is 9.23 Å². The van der Waals surface area contributed by atoms with Gasteiger partial charge in [0.2, 0.25) is 0 Å². The highest BCUT2D eigenvalue weighted by Crippen LogP contribution is 2.62. The fourth-order valence-corrected chi connectivity index (χ4v) is 2.96. The molecule has 0 aromatic heterocycles. The smallest absolute Gasteiger partial charge is 0.105 e. The molecule has 12 heavy (non-hydrogen) atoms. The van der Waals surface area contributed by atoms with Crippen LogP contribution in [0.3, 0.4) is 0 Å². The van der Waals surface area contributed by atoms with Crippen LogP contribution in [0, 0.1) is 11.8 Å². The normalized spacial score (nSPS) is 46.7. The van der Waals surface area contributed by atoms with Crippen molar-refractivity contribution in [3.8, 4) is 0 Å². The lowest BCUT2D eigenvalue weighted by Crippen LogP contribution is -2.12. The molecule has 3 unspecified atom stereocenters. The molecular weight excluding hydrogens is 148 g/mol. The molecular formula is C11H12O. The van der Waals surface area contributed by atoms with Crippen LogP contribution in [0.15, 0.2) is 23.0 Å². The van der Waals surface area contributed by atoms with Crippen LogP contribution < -0.4 is 0 Å². The van der Waals surface area contributed by atoms with Crippen molar-refractivity contribution in [2.45, 2.75) is 31.8 Å². The van der Waals surface area contributed by atoms with E-state index in [0.717, 1.165) is 11.8 Å². The average molecular weight is 160 g/mol. The number of hydrogen-bond acceptors (Lipinski definition) is 1. The highest BCUT2D eigenvalue weighted by molar-refractivity contribution is 5.44. The fourth-order valence-electron chi connectivity index (χ4n) is 2.96. The highest BCUT2D eigenvalue weighted by atomic mass is 16.5. The molecule has 0 aromatic carbocycles. The molecule has 0 N–H and O–H groups in total. The molecule has 1 nitrogen and oxygen atoms in total. The Labute approximate surface area is 72.1 Å². The second kappa shape index (κ2) is 1.63. The molecule has 62 valence electrons. The quantitative estimate of drug-likeness (QED) is 0.572. The minimum atomic E-state index is 0.657. The largest absolute Gasteiger partial charge is 0.494 e. The summed E-state index contributed by atoms with van der Waals surface area (Å²) in [6.07, 6.45) is 8.25. The minimum absolute atomic E-state index is 0.657. The van der Waals surface area contributed by atoms with E-state index in [-0.39, 0.29) is 0 Å². The van der Waals surface area contributed by atoms with Crippen molar-refractivity contribution in [3.63, 3.8) is 0 Å². The van der Waals surface area contributed by atoms with Crippen LogP contribution >= 0.6 is 0 Å². The highest BCUT2D eigenvalue weighted by Gasteiger charge is 2.61. The van der Waals surface area contributed by atoms with Crippen molar-refractivity contribution < 1.29 is 4.74 Å². The van der Waals surface area contributed by atoms with E-state index in [1.165, 1.54) is 31.4 Å². The number of allylic oxidation sites excluding steroid dienone is 4. The van der Waals surface area contributed by atoms with Gasteiger partial charge in [-0.1, -0.05) is 6.08 Å². The molecule has 1 heteroatoms. The van der Waals surface area contributed by atoms with Gasteiger partial charge in [-0.25, -0.2) is 0 Å². The molecule has 0 radical (unpaired) electrons. The van der Waals surface area contributed by atoms with E-state index in [4.69, 9.17) is 4.74 Å². The third-order valence-electron chi connectivity index (χ3n) is 3.92. The number of ether oxygens (including phenoxy) is 1. The van der Waals surface area contributed by atoms with Gasteiger partial charge in [0.05, 0.1) is 0 Å². The Balaban J connectivity index is 1.82. The summed E-state index contributed by atoms with van der Waals surface area (Å²) in [5, 5.41) is 0. The van der Waals surface area contributed by atoms with E-state index in [0.29, 0.717) is 6.10 Å². The summed E-state index contributed by atoms with van der Waals surface area (Å²) in [4.78, 5) is 0. The standard InChI is InChI=1S/C11H12O/c1-2-6(3-1)7-4-8-9-5-10(7)12-11(8)9/h2,8-9,11H,1,3-5H2. The van der Waals surface area contributed by atoms with E-state index < -0.39 is 0 Å². The second-order valence-electron chi connectivity index (χ2n) is 4.49. The van der Waals surface area contributed by atoms with Crippen molar-refractivity contribution >= 4 is 0 Å². The zero-order valence-corrected chi connectivity index (χ0v) is 7.05. The molecule has 0 spiro atoms. The third kappa shape index (κ3) is 0.511. The van der Waals surface area contributed by atoms with Gasteiger partial charge in [-0.2, -0.15) is 0 Å². The van der Waals surface area contributed by atoms with E-state index in [1.54, 1.807) is 11.1 Å². The summed E-state index contributed by atoms with van der Waals surface area (Å²) in [7, 11) is 0. The summed E-state index contributed by atoms with van der Waals surface area (Å²) < 4.78 is 5.84. The van der Waals surface area contributed by atoms with E-state index in [1.807, 2.05) is 0 Å². The molecule has 2 fully saturated rings. The van der Waals surface area contributed by atoms with Gasteiger partial charge in [0, 0.05) is 18.3 Å². The monoisotopic (exact) mass is 160 g/mol. The van der Waals surface area contributed by atoms with E-state index in [9.17, 15) is 0 Å². The molecule has 1 saturated carbocycles.